The number of hydrogen-bond acceptors (Lipinski definition) is 7. The number of nitrogens with zero attached hydrogens (tertiary/aromatic N) is 1. The molecule has 0 bridgehead atoms. The van der Waals surface area contributed by atoms with Crippen molar-refractivity contribution >= 4 is 28.8 Å². The van der Waals surface area contributed by atoms with E-state index in [2.05, 4.69) is 16.0 Å². The average Bonchev–Trinajstić information content (AvgIpc) is 3.47. The van der Waals surface area contributed by atoms with Crippen molar-refractivity contribution in [2.24, 2.45) is 5.73 Å². The SMILES string of the molecule is COc1ccc2c(c1)C(=O)N(CC1(c3cc4cc(CNCCN)ccc4o3)NC(=O)NC1=O)C2. The number of urea groups is 1. The van der Waals surface area contributed by atoms with Crippen molar-refractivity contribution in [2.75, 3.05) is 26.7 Å². The topological polar surface area (TPSA) is 139 Å². The second-order valence-electron chi connectivity index (χ2n) is 8.45. The molecular formula is C24H25N5O5. The molecular weight excluding hydrogens is 438 g/mol. The quantitative estimate of drug-likeness (QED) is 0.291. The molecule has 0 radical (unpaired) electrons. The van der Waals surface area contributed by atoms with E-state index in [-0.39, 0.29) is 18.2 Å². The van der Waals surface area contributed by atoms with Gasteiger partial charge in [0.1, 0.15) is 17.1 Å². The van der Waals surface area contributed by atoms with E-state index in [1.54, 1.807) is 18.2 Å². The Morgan fingerprint density at radius 2 is 2.03 bits per heavy atom. The van der Waals surface area contributed by atoms with Crippen LogP contribution >= 0.6 is 0 Å². The number of hydrogen-bond donors (Lipinski definition) is 4. The number of carbonyl (C=O) groups excluding carboxylic acids is 3. The van der Waals surface area contributed by atoms with Crippen molar-refractivity contribution in [1.82, 2.24) is 20.9 Å². The molecule has 2 aliphatic heterocycles. The number of methoxy groups -OCH3 is 1. The zero-order chi connectivity index (χ0) is 23.9. The molecule has 1 fully saturated rings. The van der Waals surface area contributed by atoms with E-state index in [1.807, 2.05) is 24.3 Å². The molecule has 1 saturated heterocycles. The van der Waals surface area contributed by atoms with Crippen LogP contribution in [0.2, 0.25) is 0 Å². The van der Waals surface area contributed by atoms with E-state index in [4.69, 9.17) is 14.9 Å². The lowest BCUT2D eigenvalue weighted by molar-refractivity contribution is -0.125. The van der Waals surface area contributed by atoms with Gasteiger partial charge in [0.15, 0.2) is 5.54 Å². The Labute approximate surface area is 195 Å². The maximum Gasteiger partial charge on any atom is 0.322 e. The third-order valence-electron chi connectivity index (χ3n) is 6.22. The Morgan fingerprint density at radius 1 is 1.18 bits per heavy atom. The van der Waals surface area contributed by atoms with Gasteiger partial charge in [-0.1, -0.05) is 12.1 Å². The van der Waals surface area contributed by atoms with E-state index in [1.165, 1.54) is 12.0 Å². The van der Waals surface area contributed by atoms with Crippen LogP contribution in [0.3, 0.4) is 0 Å². The van der Waals surface area contributed by atoms with Crippen LogP contribution in [0, 0.1) is 0 Å². The van der Waals surface area contributed by atoms with Gasteiger partial charge in [-0.2, -0.15) is 0 Å². The number of amides is 4. The van der Waals surface area contributed by atoms with Gasteiger partial charge in [0, 0.05) is 37.1 Å². The van der Waals surface area contributed by atoms with Gasteiger partial charge >= 0.3 is 6.03 Å². The van der Waals surface area contributed by atoms with Crippen LogP contribution in [0.5, 0.6) is 5.75 Å². The first kappa shape index (κ1) is 21.9. The van der Waals surface area contributed by atoms with E-state index >= 15 is 0 Å². The minimum absolute atomic E-state index is 0.0782. The molecule has 1 unspecified atom stereocenters. The highest BCUT2D eigenvalue weighted by Crippen LogP contribution is 2.35. The van der Waals surface area contributed by atoms with E-state index in [9.17, 15) is 14.4 Å². The molecule has 176 valence electrons. The predicted molar refractivity (Wildman–Crippen MR) is 123 cm³/mol. The Morgan fingerprint density at radius 3 is 2.76 bits per heavy atom. The highest BCUT2D eigenvalue weighted by atomic mass is 16.5. The van der Waals surface area contributed by atoms with Crippen molar-refractivity contribution in [3.8, 4) is 5.75 Å². The number of imide groups is 1. The summed E-state index contributed by atoms with van der Waals surface area (Å²) in [4.78, 5) is 39.9. The lowest BCUT2D eigenvalue weighted by Gasteiger charge is -2.29. The lowest BCUT2D eigenvalue weighted by atomic mass is 9.95. The van der Waals surface area contributed by atoms with Crippen LogP contribution < -0.4 is 26.4 Å². The summed E-state index contributed by atoms with van der Waals surface area (Å²) in [6.07, 6.45) is 0. The highest BCUT2D eigenvalue weighted by molar-refractivity contribution is 6.08. The molecule has 10 heteroatoms. The van der Waals surface area contributed by atoms with Gasteiger partial charge < -0.3 is 30.4 Å². The summed E-state index contributed by atoms with van der Waals surface area (Å²) in [6, 6.07) is 12.1. The fourth-order valence-corrected chi connectivity index (χ4v) is 4.48. The first-order valence-electron chi connectivity index (χ1n) is 11.0. The number of furan rings is 1. The van der Waals surface area contributed by atoms with Crippen molar-refractivity contribution in [3.63, 3.8) is 0 Å². The molecule has 4 amide bonds. The number of fused-ring (bicyclic) bond motifs is 2. The second kappa shape index (κ2) is 8.47. The zero-order valence-corrected chi connectivity index (χ0v) is 18.6. The molecule has 3 aromatic rings. The average molecular weight is 463 g/mol. The van der Waals surface area contributed by atoms with Crippen LogP contribution in [0.4, 0.5) is 4.79 Å². The normalized spacial score (nSPS) is 19.5. The lowest BCUT2D eigenvalue weighted by Crippen LogP contribution is -2.52. The summed E-state index contributed by atoms with van der Waals surface area (Å²) < 4.78 is 11.3. The number of benzene rings is 2. The Kier molecular flexibility index (Phi) is 5.46. The van der Waals surface area contributed by atoms with Crippen molar-refractivity contribution in [3.05, 3.63) is 64.9 Å². The molecule has 0 saturated carbocycles. The van der Waals surface area contributed by atoms with Crippen LogP contribution in [0.25, 0.3) is 11.0 Å². The highest BCUT2D eigenvalue weighted by Gasteiger charge is 2.53. The molecule has 1 aromatic heterocycles. The Balaban J connectivity index is 1.47. The fourth-order valence-electron chi connectivity index (χ4n) is 4.48. The van der Waals surface area contributed by atoms with E-state index in [0.717, 1.165) is 16.5 Å². The van der Waals surface area contributed by atoms with Gasteiger partial charge in [-0.3, -0.25) is 14.9 Å². The molecule has 5 rings (SSSR count). The summed E-state index contributed by atoms with van der Waals surface area (Å²) in [5.41, 5.74) is 6.93. The summed E-state index contributed by atoms with van der Waals surface area (Å²) in [7, 11) is 1.54. The first-order chi connectivity index (χ1) is 16.4. The van der Waals surface area contributed by atoms with Crippen LogP contribution in [0.15, 0.2) is 46.9 Å². The number of ether oxygens (including phenoxy) is 1. The number of nitrogens with one attached hydrogen (secondary N) is 3. The van der Waals surface area contributed by atoms with E-state index in [0.29, 0.717) is 43.1 Å². The minimum atomic E-state index is -1.55. The van der Waals surface area contributed by atoms with Crippen molar-refractivity contribution in [2.45, 2.75) is 18.6 Å². The molecule has 2 aromatic carbocycles. The molecule has 5 N–H and O–H groups in total. The van der Waals surface area contributed by atoms with Gasteiger partial charge in [-0.05, 0) is 41.5 Å². The van der Waals surface area contributed by atoms with Crippen LogP contribution in [-0.2, 0) is 23.4 Å². The largest absolute Gasteiger partial charge is 0.497 e. The van der Waals surface area contributed by atoms with Gasteiger partial charge in [0.25, 0.3) is 11.8 Å². The van der Waals surface area contributed by atoms with Gasteiger partial charge in [0.05, 0.1) is 13.7 Å². The fraction of sp³-hybridized carbons (Fsp3) is 0.292. The summed E-state index contributed by atoms with van der Waals surface area (Å²) in [5.74, 6) is 0.0261. The monoisotopic (exact) mass is 463 g/mol. The maximum absolute atomic E-state index is 13.1. The minimum Gasteiger partial charge on any atom is -0.497 e. The first-order valence-corrected chi connectivity index (χ1v) is 11.0. The van der Waals surface area contributed by atoms with Gasteiger partial charge in [-0.15, -0.1) is 0 Å². The van der Waals surface area contributed by atoms with E-state index < -0.39 is 17.5 Å². The molecule has 0 spiro atoms. The summed E-state index contributed by atoms with van der Waals surface area (Å²) in [6.45, 7) is 2.11. The molecule has 1 atom stereocenters. The Hall–Kier alpha value is -3.89. The number of carbonyl (C=O) groups is 3. The molecule has 0 aliphatic carbocycles. The molecule has 3 heterocycles. The number of nitrogens with two attached hydrogens (primary N) is 1. The Bertz CT molecular complexity index is 1300. The number of rotatable bonds is 8. The second-order valence-corrected chi connectivity index (χ2v) is 8.45. The smallest absolute Gasteiger partial charge is 0.322 e. The molecule has 10 nitrogen and oxygen atoms in total. The van der Waals surface area contributed by atoms with Gasteiger partial charge in [-0.25, -0.2) is 4.79 Å². The van der Waals surface area contributed by atoms with Gasteiger partial charge in [0.2, 0.25) is 0 Å². The third kappa shape index (κ3) is 3.66. The maximum atomic E-state index is 13.1. The molecule has 2 aliphatic rings. The summed E-state index contributed by atoms with van der Waals surface area (Å²) in [5, 5.41) is 9.03. The third-order valence-corrected chi connectivity index (χ3v) is 6.22. The van der Waals surface area contributed by atoms with Crippen LogP contribution in [0.1, 0.15) is 27.2 Å². The molecule has 34 heavy (non-hydrogen) atoms. The van der Waals surface area contributed by atoms with Crippen LogP contribution in [-0.4, -0.2) is 49.5 Å². The zero-order valence-electron chi connectivity index (χ0n) is 18.6. The summed E-state index contributed by atoms with van der Waals surface area (Å²) >= 11 is 0. The standard InChI is InChI=1S/C24H25N5O5/c1-33-17-4-3-15-12-29(21(30)18(15)10-17)13-24(22(31)27-23(32)28-24)20-9-16-8-14(11-26-7-6-25)2-5-19(16)34-20/h2-5,8-10,26H,6-7,11-13,25H2,1H3,(H2,27,28,31,32). The van der Waals surface area contributed by atoms with Crippen molar-refractivity contribution < 1.29 is 23.5 Å². The predicted octanol–water partition coefficient (Wildman–Crippen LogP) is 1.18. The van der Waals surface area contributed by atoms with Crippen molar-refractivity contribution in [1.29, 1.82) is 0 Å².